The fourth-order valence-electron chi connectivity index (χ4n) is 2.83. The molecule has 0 radical (unpaired) electrons. The molecular formula is C14H14BrN5O6S3. The number of aliphatic hydroxyl groups excluding tert-OH is 1. The minimum atomic E-state index is -1.16. The van der Waals surface area contributed by atoms with Crippen LogP contribution < -0.4 is 5.32 Å². The fourth-order valence-corrected chi connectivity index (χ4v) is 6.40. The van der Waals surface area contributed by atoms with Crippen molar-refractivity contribution in [1.82, 2.24) is 19.6 Å². The van der Waals surface area contributed by atoms with Crippen LogP contribution in [-0.2, 0) is 14.4 Å². The summed E-state index contributed by atoms with van der Waals surface area (Å²) in [4.78, 5) is 52.8. The van der Waals surface area contributed by atoms with Gasteiger partial charge in [0.25, 0.3) is 5.91 Å². The molecule has 1 aromatic rings. The van der Waals surface area contributed by atoms with Crippen molar-refractivity contribution >= 4 is 68.8 Å². The van der Waals surface area contributed by atoms with E-state index in [0.29, 0.717) is 4.34 Å². The number of hydrogen-bond acceptors (Lipinski definition) is 11. The third kappa shape index (κ3) is 4.27. The molecule has 3 atom stereocenters. The van der Waals surface area contributed by atoms with Gasteiger partial charge in [-0.2, -0.15) is 4.37 Å². The maximum atomic E-state index is 12.5. The SMILES string of the molecule is O=NC(C(=O)NC1C(=O)N2CC(CSc3ncns3)(C(=O)O)CS[C@H]12)=C(O)CBr. The number of carbonyl (C=O) groups excluding carboxylic acids is 2. The molecule has 15 heteroatoms. The van der Waals surface area contributed by atoms with E-state index in [2.05, 4.69) is 35.8 Å². The van der Waals surface area contributed by atoms with E-state index in [0.717, 1.165) is 0 Å². The summed E-state index contributed by atoms with van der Waals surface area (Å²) in [5.41, 5.74) is -1.87. The minimum Gasteiger partial charge on any atom is -0.509 e. The smallest absolute Gasteiger partial charge is 0.313 e. The van der Waals surface area contributed by atoms with Gasteiger partial charge in [-0.15, -0.1) is 16.7 Å². The molecule has 2 amide bonds. The third-order valence-electron chi connectivity index (χ3n) is 4.40. The molecule has 0 aromatic carbocycles. The molecule has 2 aliphatic rings. The summed E-state index contributed by atoms with van der Waals surface area (Å²) >= 11 is 6.59. The Morgan fingerprint density at radius 1 is 1.48 bits per heavy atom. The van der Waals surface area contributed by atoms with Crippen LogP contribution in [0.4, 0.5) is 0 Å². The van der Waals surface area contributed by atoms with Gasteiger partial charge < -0.3 is 20.4 Å². The van der Waals surface area contributed by atoms with Crippen LogP contribution in [0.2, 0.25) is 0 Å². The van der Waals surface area contributed by atoms with Crippen molar-refractivity contribution in [3.05, 3.63) is 22.7 Å². The van der Waals surface area contributed by atoms with Crippen LogP contribution in [0.1, 0.15) is 0 Å². The Labute approximate surface area is 185 Å². The number of aromatic nitrogens is 2. The van der Waals surface area contributed by atoms with Crippen LogP contribution in [0.5, 0.6) is 0 Å². The lowest BCUT2D eigenvalue weighted by Gasteiger charge is -2.53. The molecule has 0 bridgehead atoms. The molecule has 0 spiro atoms. The van der Waals surface area contributed by atoms with Gasteiger partial charge in [0.15, 0.2) is 4.34 Å². The first-order valence-corrected chi connectivity index (χ1v) is 11.9. The van der Waals surface area contributed by atoms with Gasteiger partial charge in [-0.25, -0.2) is 4.98 Å². The van der Waals surface area contributed by atoms with E-state index in [9.17, 15) is 29.5 Å². The van der Waals surface area contributed by atoms with Gasteiger partial charge in [0.05, 0.1) is 5.33 Å². The number of aliphatic carboxylic acids is 1. The van der Waals surface area contributed by atoms with Crippen molar-refractivity contribution in [3.8, 4) is 0 Å². The van der Waals surface area contributed by atoms with Crippen molar-refractivity contribution in [3.63, 3.8) is 0 Å². The molecule has 2 saturated heterocycles. The first-order valence-electron chi connectivity index (χ1n) is 8.00. The number of fused-ring (bicyclic) bond motifs is 1. The highest BCUT2D eigenvalue weighted by atomic mass is 79.9. The standard InChI is InChI=1S/C14H14BrN5O6S3/c15-1-6(21)7(19-26)9(22)18-8-10(23)20-2-14(12(24)25,3-27-11(8)20)4-28-13-16-5-17-29-13/h5,8,11,21H,1-4H2,(H,18,22)(H,24,25)/t8?,11-,14?/m1/s1. The summed E-state index contributed by atoms with van der Waals surface area (Å²) in [6, 6.07) is -0.921. The number of alkyl halides is 1. The van der Waals surface area contributed by atoms with E-state index in [1.165, 1.54) is 46.3 Å². The molecule has 2 aliphatic heterocycles. The Balaban J connectivity index is 1.67. The lowest BCUT2D eigenvalue weighted by molar-refractivity contribution is -0.157. The zero-order valence-electron chi connectivity index (χ0n) is 14.5. The number of thioether (sulfide) groups is 2. The number of hydrogen-bond donors (Lipinski definition) is 3. The Bertz CT molecular complexity index is 868. The van der Waals surface area contributed by atoms with Crippen molar-refractivity contribution in [2.24, 2.45) is 10.6 Å². The number of nitrogens with zero attached hydrogens (tertiary/aromatic N) is 4. The van der Waals surface area contributed by atoms with Gasteiger partial charge in [-0.3, -0.25) is 14.4 Å². The number of carbonyl (C=O) groups is 3. The van der Waals surface area contributed by atoms with Gasteiger partial charge in [-0.1, -0.05) is 27.7 Å². The molecular weight excluding hydrogens is 510 g/mol. The normalized spacial score (nSPS) is 26.8. The zero-order valence-corrected chi connectivity index (χ0v) is 18.5. The number of rotatable bonds is 8. The summed E-state index contributed by atoms with van der Waals surface area (Å²) in [6.07, 6.45) is 1.39. The third-order valence-corrected chi connectivity index (χ3v) is 8.61. The Hall–Kier alpha value is -1.71. The van der Waals surface area contributed by atoms with E-state index in [1.54, 1.807) is 0 Å². The number of halogens is 1. The van der Waals surface area contributed by atoms with Gasteiger partial charge in [0.1, 0.15) is 28.9 Å². The number of nitrogens with one attached hydrogen (secondary N) is 1. The van der Waals surface area contributed by atoms with E-state index in [1.807, 2.05) is 0 Å². The van der Waals surface area contributed by atoms with Crippen LogP contribution in [-0.4, -0.2) is 77.1 Å². The largest absolute Gasteiger partial charge is 0.509 e. The second-order valence-electron chi connectivity index (χ2n) is 6.22. The van der Waals surface area contributed by atoms with Gasteiger partial charge in [-0.05, 0) is 16.7 Å². The van der Waals surface area contributed by atoms with E-state index < -0.39 is 46.1 Å². The molecule has 11 nitrogen and oxygen atoms in total. The number of allylic oxidation sites excluding steroid dienone is 1. The summed E-state index contributed by atoms with van der Waals surface area (Å²) in [5, 5.41) is 23.6. The lowest BCUT2D eigenvalue weighted by Crippen LogP contribution is -2.74. The molecule has 2 fully saturated rings. The second-order valence-corrected chi connectivity index (χ2v) is 9.89. The number of nitroso groups, excluding NO2 is 1. The van der Waals surface area contributed by atoms with Gasteiger partial charge in [0, 0.05) is 18.1 Å². The Kier molecular flexibility index (Phi) is 6.80. The topological polar surface area (TPSA) is 162 Å². The molecule has 3 heterocycles. The Morgan fingerprint density at radius 2 is 2.24 bits per heavy atom. The number of β-lactam (4-membered cyclic amide) rings is 1. The number of carboxylic acids is 1. The average molecular weight is 524 g/mol. The first-order chi connectivity index (χ1) is 13.8. The van der Waals surface area contributed by atoms with E-state index in [-0.39, 0.29) is 23.4 Å². The number of carboxylic acid groups (broad SMARTS) is 1. The van der Waals surface area contributed by atoms with Crippen LogP contribution >= 0.6 is 51.0 Å². The maximum absolute atomic E-state index is 12.5. The molecule has 2 unspecified atom stereocenters. The van der Waals surface area contributed by atoms with Gasteiger partial charge in [0.2, 0.25) is 11.6 Å². The highest BCUT2D eigenvalue weighted by molar-refractivity contribution is 9.09. The van der Waals surface area contributed by atoms with Crippen LogP contribution in [0.25, 0.3) is 0 Å². The predicted octanol–water partition coefficient (Wildman–Crippen LogP) is 1.03. The second kappa shape index (κ2) is 8.97. The van der Waals surface area contributed by atoms with Gasteiger partial charge >= 0.3 is 5.97 Å². The fraction of sp³-hybridized carbons (Fsp3) is 0.500. The monoisotopic (exact) mass is 523 g/mol. The molecule has 0 saturated carbocycles. The highest BCUT2D eigenvalue weighted by Gasteiger charge is 2.57. The zero-order chi connectivity index (χ0) is 21.2. The molecule has 0 aliphatic carbocycles. The average Bonchev–Trinajstić information content (AvgIpc) is 3.24. The molecule has 29 heavy (non-hydrogen) atoms. The van der Waals surface area contributed by atoms with E-state index >= 15 is 0 Å². The molecule has 3 N–H and O–H groups in total. The van der Waals surface area contributed by atoms with Crippen molar-refractivity contribution in [1.29, 1.82) is 0 Å². The molecule has 1 aromatic heterocycles. The summed E-state index contributed by atoms with van der Waals surface area (Å²) in [7, 11) is 0. The maximum Gasteiger partial charge on any atom is 0.313 e. The minimum absolute atomic E-state index is 0.00170. The molecule has 156 valence electrons. The van der Waals surface area contributed by atoms with Crippen molar-refractivity contribution in [2.45, 2.75) is 15.8 Å². The molecule has 3 rings (SSSR count). The predicted molar refractivity (Wildman–Crippen MR) is 110 cm³/mol. The van der Waals surface area contributed by atoms with Crippen LogP contribution in [0, 0.1) is 10.3 Å². The van der Waals surface area contributed by atoms with Crippen LogP contribution in [0.15, 0.2) is 27.3 Å². The van der Waals surface area contributed by atoms with Crippen molar-refractivity contribution < 1.29 is 24.6 Å². The first kappa shape index (κ1) is 22.0. The number of amides is 2. The Morgan fingerprint density at radius 3 is 2.83 bits per heavy atom. The summed E-state index contributed by atoms with van der Waals surface area (Å²) in [6.45, 7) is -0.00170. The summed E-state index contributed by atoms with van der Waals surface area (Å²) in [5.74, 6) is -2.52. The van der Waals surface area contributed by atoms with Crippen LogP contribution in [0.3, 0.4) is 0 Å². The van der Waals surface area contributed by atoms with Crippen molar-refractivity contribution in [2.75, 3.05) is 23.4 Å². The highest BCUT2D eigenvalue weighted by Crippen LogP contribution is 2.44. The quantitative estimate of drug-likeness (QED) is 0.112. The van der Waals surface area contributed by atoms with E-state index in [4.69, 9.17) is 0 Å². The lowest BCUT2D eigenvalue weighted by atomic mass is 9.89. The summed E-state index contributed by atoms with van der Waals surface area (Å²) < 4.78 is 4.52. The number of aliphatic hydroxyl groups is 1.